The molecule has 1 rings (SSSR count). The Balaban J connectivity index is 2.63. The van der Waals surface area contributed by atoms with E-state index in [4.69, 9.17) is 5.73 Å². The van der Waals surface area contributed by atoms with Gasteiger partial charge in [0, 0.05) is 30.2 Å². The van der Waals surface area contributed by atoms with Crippen LogP contribution >= 0.6 is 0 Å². The molecule has 1 aromatic rings. The lowest BCUT2D eigenvalue weighted by Crippen LogP contribution is -2.27. The summed E-state index contributed by atoms with van der Waals surface area (Å²) >= 11 is 0. The van der Waals surface area contributed by atoms with E-state index >= 15 is 0 Å². The van der Waals surface area contributed by atoms with E-state index < -0.39 is 9.84 Å². The van der Waals surface area contributed by atoms with E-state index in [-0.39, 0.29) is 11.5 Å². The van der Waals surface area contributed by atoms with Crippen LogP contribution < -0.4 is 10.6 Å². The van der Waals surface area contributed by atoms with E-state index in [1.54, 1.807) is 6.92 Å². The maximum Gasteiger partial charge on any atom is 0.150 e. The molecule has 0 atom stereocenters. The number of hydrogen-bond donors (Lipinski definition) is 1. The van der Waals surface area contributed by atoms with Crippen molar-refractivity contribution in [3.05, 3.63) is 24.3 Å². The zero-order valence-electron chi connectivity index (χ0n) is 11.8. The number of rotatable bonds is 8. The normalized spacial score (nSPS) is 11.5. The molecule has 0 spiro atoms. The van der Waals surface area contributed by atoms with E-state index in [2.05, 4.69) is 11.8 Å². The minimum atomic E-state index is -2.87. The van der Waals surface area contributed by atoms with Crippen molar-refractivity contribution >= 4 is 21.2 Å². The topological polar surface area (TPSA) is 63.4 Å². The van der Waals surface area contributed by atoms with Crippen molar-refractivity contribution in [1.82, 2.24) is 0 Å². The number of benzene rings is 1. The van der Waals surface area contributed by atoms with Gasteiger partial charge in [0.15, 0.2) is 0 Å². The van der Waals surface area contributed by atoms with Crippen LogP contribution in [0.1, 0.15) is 26.7 Å². The summed E-state index contributed by atoms with van der Waals surface area (Å²) in [6.07, 6.45) is 1.68. The summed E-state index contributed by atoms with van der Waals surface area (Å²) in [5.74, 6) is 0.477. The molecule has 0 aliphatic carbocycles. The maximum atomic E-state index is 11.5. The summed E-state index contributed by atoms with van der Waals surface area (Å²) in [5, 5.41) is 0. The molecule has 1 aromatic carbocycles. The zero-order valence-corrected chi connectivity index (χ0v) is 12.6. The van der Waals surface area contributed by atoms with E-state index in [0.29, 0.717) is 6.42 Å². The van der Waals surface area contributed by atoms with E-state index in [0.717, 1.165) is 30.9 Å². The number of nitrogens with two attached hydrogens (primary N) is 1. The Hall–Kier alpha value is -1.23. The summed E-state index contributed by atoms with van der Waals surface area (Å²) in [6, 6.07) is 7.73. The van der Waals surface area contributed by atoms with Gasteiger partial charge in [-0.05, 0) is 31.0 Å². The second-order valence-corrected chi connectivity index (χ2v) is 7.14. The molecular weight excluding hydrogens is 260 g/mol. The van der Waals surface area contributed by atoms with Crippen molar-refractivity contribution in [2.24, 2.45) is 0 Å². The summed E-state index contributed by atoms with van der Waals surface area (Å²) < 4.78 is 23.0. The van der Waals surface area contributed by atoms with Crippen LogP contribution in [0.3, 0.4) is 0 Å². The van der Waals surface area contributed by atoms with Crippen molar-refractivity contribution in [3.8, 4) is 0 Å². The Morgan fingerprint density at radius 2 is 1.95 bits per heavy atom. The number of sulfone groups is 1. The Labute approximate surface area is 116 Å². The lowest BCUT2D eigenvalue weighted by atomic mass is 10.2. The Morgan fingerprint density at radius 3 is 2.53 bits per heavy atom. The van der Waals surface area contributed by atoms with Gasteiger partial charge < -0.3 is 10.6 Å². The van der Waals surface area contributed by atoms with E-state index in [1.165, 1.54) is 0 Å². The number of nitrogens with zero attached hydrogens (tertiary/aromatic N) is 1. The van der Waals surface area contributed by atoms with Crippen LogP contribution in [0.2, 0.25) is 0 Å². The second-order valence-electron chi connectivity index (χ2n) is 4.67. The lowest BCUT2D eigenvalue weighted by Gasteiger charge is -2.24. The fourth-order valence-corrected chi connectivity index (χ4v) is 2.84. The number of anilines is 2. The van der Waals surface area contributed by atoms with E-state index in [9.17, 15) is 8.42 Å². The van der Waals surface area contributed by atoms with Gasteiger partial charge in [-0.3, -0.25) is 0 Å². The van der Waals surface area contributed by atoms with Crippen LogP contribution in [-0.2, 0) is 9.84 Å². The van der Waals surface area contributed by atoms with Crippen LogP contribution in [0.5, 0.6) is 0 Å². The molecule has 0 saturated carbocycles. The summed E-state index contributed by atoms with van der Waals surface area (Å²) in [7, 11) is -2.87. The molecule has 4 nitrogen and oxygen atoms in total. The highest BCUT2D eigenvalue weighted by atomic mass is 32.2. The van der Waals surface area contributed by atoms with Gasteiger partial charge in [-0.15, -0.1) is 0 Å². The summed E-state index contributed by atoms with van der Waals surface area (Å²) in [6.45, 7) is 5.46. The standard InChI is InChI=1S/C14H24N2O2S/c1-3-9-16(10-6-11-19(17,18)4-2)14-8-5-7-13(15)12-14/h5,7-8,12H,3-4,6,9-11,15H2,1-2H3. The second kappa shape index (κ2) is 7.38. The molecule has 19 heavy (non-hydrogen) atoms. The quantitative estimate of drug-likeness (QED) is 0.744. The highest BCUT2D eigenvalue weighted by Crippen LogP contribution is 2.18. The van der Waals surface area contributed by atoms with Gasteiger partial charge in [0.1, 0.15) is 9.84 Å². The number of nitrogen functional groups attached to an aromatic ring is 1. The number of hydrogen-bond acceptors (Lipinski definition) is 4. The molecule has 0 aromatic heterocycles. The van der Waals surface area contributed by atoms with Crippen LogP contribution in [-0.4, -0.2) is 33.0 Å². The first-order valence-electron chi connectivity index (χ1n) is 6.79. The first kappa shape index (κ1) is 15.8. The van der Waals surface area contributed by atoms with Gasteiger partial charge in [-0.25, -0.2) is 8.42 Å². The molecule has 5 heteroatoms. The Kier molecular flexibility index (Phi) is 6.15. The van der Waals surface area contributed by atoms with Crippen molar-refractivity contribution in [2.45, 2.75) is 26.7 Å². The molecule has 0 amide bonds. The zero-order chi connectivity index (χ0) is 14.3. The van der Waals surface area contributed by atoms with Gasteiger partial charge >= 0.3 is 0 Å². The molecule has 0 bridgehead atoms. The average molecular weight is 284 g/mol. The van der Waals surface area contributed by atoms with Crippen LogP contribution in [0.4, 0.5) is 11.4 Å². The Bertz CT molecular complexity index is 486. The fourth-order valence-electron chi connectivity index (χ4n) is 1.98. The molecule has 0 heterocycles. The largest absolute Gasteiger partial charge is 0.399 e. The van der Waals surface area contributed by atoms with Gasteiger partial charge in [-0.1, -0.05) is 19.9 Å². The van der Waals surface area contributed by atoms with Gasteiger partial charge in [-0.2, -0.15) is 0 Å². The first-order valence-corrected chi connectivity index (χ1v) is 8.61. The smallest absolute Gasteiger partial charge is 0.150 e. The van der Waals surface area contributed by atoms with Crippen molar-refractivity contribution in [3.63, 3.8) is 0 Å². The van der Waals surface area contributed by atoms with Crippen LogP contribution in [0, 0.1) is 0 Å². The predicted octanol–water partition coefficient (Wildman–Crippen LogP) is 2.31. The van der Waals surface area contributed by atoms with Gasteiger partial charge in [0.2, 0.25) is 0 Å². The monoisotopic (exact) mass is 284 g/mol. The van der Waals surface area contributed by atoms with Crippen LogP contribution in [0.25, 0.3) is 0 Å². The third kappa shape index (κ3) is 5.51. The molecule has 0 aliphatic heterocycles. The highest BCUT2D eigenvalue weighted by molar-refractivity contribution is 7.91. The molecule has 0 saturated heterocycles. The minimum Gasteiger partial charge on any atom is -0.399 e. The minimum absolute atomic E-state index is 0.221. The molecule has 0 fully saturated rings. The highest BCUT2D eigenvalue weighted by Gasteiger charge is 2.10. The molecule has 2 N–H and O–H groups in total. The van der Waals surface area contributed by atoms with Gasteiger partial charge in [0.05, 0.1) is 5.75 Å². The van der Waals surface area contributed by atoms with Crippen molar-refractivity contribution in [1.29, 1.82) is 0 Å². The Morgan fingerprint density at radius 1 is 1.21 bits per heavy atom. The SMILES string of the molecule is CCCN(CCCS(=O)(=O)CC)c1cccc(N)c1. The summed E-state index contributed by atoms with van der Waals surface area (Å²) in [4.78, 5) is 2.20. The third-order valence-corrected chi connectivity index (χ3v) is 4.84. The predicted molar refractivity (Wildman–Crippen MR) is 82.3 cm³/mol. The molecule has 108 valence electrons. The molecule has 0 aliphatic rings. The molecular formula is C14H24N2O2S. The first-order chi connectivity index (χ1) is 8.98. The van der Waals surface area contributed by atoms with Crippen LogP contribution in [0.15, 0.2) is 24.3 Å². The van der Waals surface area contributed by atoms with Crippen molar-refractivity contribution < 1.29 is 8.42 Å². The van der Waals surface area contributed by atoms with E-state index in [1.807, 2.05) is 24.3 Å². The van der Waals surface area contributed by atoms with Crippen molar-refractivity contribution in [2.75, 3.05) is 35.2 Å². The van der Waals surface area contributed by atoms with Gasteiger partial charge in [0.25, 0.3) is 0 Å². The average Bonchev–Trinajstić information content (AvgIpc) is 2.37. The maximum absolute atomic E-state index is 11.5. The third-order valence-electron chi connectivity index (χ3n) is 3.05. The lowest BCUT2D eigenvalue weighted by molar-refractivity contribution is 0.593. The fraction of sp³-hybridized carbons (Fsp3) is 0.571. The molecule has 0 unspecified atom stereocenters. The molecule has 0 radical (unpaired) electrons. The summed E-state index contributed by atoms with van der Waals surface area (Å²) in [5.41, 5.74) is 7.59.